The summed E-state index contributed by atoms with van der Waals surface area (Å²) in [6, 6.07) is 0. The van der Waals surface area contributed by atoms with Gasteiger partial charge < -0.3 is 4.12 Å². The summed E-state index contributed by atoms with van der Waals surface area (Å²) < 4.78 is 5.03. The van der Waals surface area contributed by atoms with E-state index in [2.05, 4.69) is 13.1 Å². The van der Waals surface area contributed by atoms with Gasteiger partial charge in [0.1, 0.15) is 10.5 Å². The second kappa shape index (κ2) is 2.62. The van der Waals surface area contributed by atoms with Gasteiger partial charge in [-0.15, -0.1) is 0 Å². The summed E-state index contributed by atoms with van der Waals surface area (Å²) in [6.45, 7) is 4.35. The second-order valence-corrected chi connectivity index (χ2v) is 5.27. The van der Waals surface area contributed by atoms with Crippen LogP contribution in [0.3, 0.4) is 0 Å². The Hall–Kier alpha value is 0.394. The average molecular weight is 110 g/mol. The highest BCUT2D eigenvalue weighted by Crippen LogP contribution is 1.72. The molecule has 0 aliphatic rings. The van der Waals surface area contributed by atoms with Crippen LogP contribution in [0.2, 0.25) is 13.1 Å². The lowest BCUT2D eigenvalue weighted by atomic mass is 11.9. The molecule has 36 valence electrons. The molecule has 0 aromatic rings. The molecule has 0 N–H and O–H groups in total. The molecular formula is C2H14OSi2. The molecule has 0 aromatic carbocycles. The molecule has 0 atom stereocenters. The van der Waals surface area contributed by atoms with Gasteiger partial charge in [0, 0.05) is 2.85 Å². The Labute approximate surface area is 40.6 Å². The van der Waals surface area contributed by atoms with E-state index in [-0.39, 0.29) is 2.85 Å². The van der Waals surface area contributed by atoms with Crippen molar-refractivity contribution >= 4 is 19.5 Å². The van der Waals surface area contributed by atoms with Gasteiger partial charge >= 0.3 is 0 Å². The molecule has 0 aromatic heterocycles. The van der Waals surface area contributed by atoms with Crippen LogP contribution in [0, 0.1) is 0 Å². The third kappa shape index (κ3) is 4.39. The van der Waals surface area contributed by atoms with Crippen molar-refractivity contribution in [3.63, 3.8) is 0 Å². The van der Waals surface area contributed by atoms with Crippen LogP contribution in [0.1, 0.15) is 2.85 Å². The Kier molecular flexibility index (Phi) is 2.83. The third-order valence-corrected chi connectivity index (χ3v) is 4.24. The fourth-order valence-electron chi connectivity index (χ4n) is 0. The molecule has 0 unspecified atom stereocenters. The van der Waals surface area contributed by atoms with Crippen molar-refractivity contribution in [1.29, 1.82) is 0 Å². The van der Waals surface area contributed by atoms with Gasteiger partial charge in [0.05, 0.1) is 0 Å². The third-order valence-electron chi connectivity index (χ3n) is 0.471. The lowest BCUT2D eigenvalue weighted by Gasteiger charge is -1.93. The van der Waals surface area contributed by atoms with Gasteiger partial charge in [0.2, 0.25) is 0 Å². The van der Waals surface area contributed by atoms with Crippen molar-refractivity contribution in [3.05, 3.63) is 0 Å². The molecule has 0 saturated carbocycles. The smallest absolute Gasteiger partial charge is 0.156 e. The van der Waals surface area contributed by atoms with Gasteiger partial charge in [-0.3, -0.25) is 0 Å². The minimum Gasteiger partial charge on any atom is -0.466 e. The zero-order valence-electron chi connectivity index (χ0n) is 3.99. The van der Waals surface area contributed by atoms with Gasteiger partial charge in [0.25, 0.3) is 0 Å². The summed E-state index contributed by atoms with van der Waals surface area (Å²) in [5.74, 6) is 0. The molecule has 0 fully saturated rings. The van der Waals surface area contributed by atoms with E-state index in [0.29, 0.717) is 0 Å². The van der Waals surface area contributed by atoms with Gasteiger partial charge in [-0.2, -0.15) is 0 Å². The summed E-state index contributed by atoms with van der Waals surface area (Å²) in [4.78, 5) is 0. The Morgan fingerprint density at radius 2 is 2.00 bits per heavy atom. The van der Waals surface area contributed by atoms with E-state index in [1.807, 2.05) is 0 Å². The predicted molar refractivity (Wildman–Crippen MR) is 34.1 cm³/mol. The van der Waals surface area contributed by atoms with E-state index in [9.17, 15) is 0 Å². The van der Waals surface area contributed by atoms with Gasteiger partial charge in [-0.25, -0.2) is 0 Å². The first-order valence-electron chi connectivity index (χ1n) is 1.80. The van der Waals surface area contributed by atoms with Crippen LogP contribution < -0.4 is 0 Å². The van der Waals surface area contributed by atoms with Crippen molar-refractivity contribution in [2.75, 3.05) is 0 Å². The topological polar surface area (TPSA) is 9.23 Å². The van der Waals surface area contributed by atoms with Crippen LogP contribution in [0.5, 0.6) is 0 Å². The zero-order valence-corrected chi connectivity index (χ0v) is 7.14. The highest BCUT2D eigenvalue weighted by atomic mass is 28.3. The molecule has 5 heavy (non-hydrogen) atoms. The molecule has 0 amide bonds. The molecule has 0 heterocycles. The Morgan fingerprint density at radius 1 is 1.80 bits per heavy atom. The van der Waals surface area contributed by atoms with Crippen molar-refractivity contribution in [2.24, 2.45) is 0 Å². The summed E-state index contributed by atoms with van der Waals surface area (Å²) in [5, 5.41) is 0. The molecule has 0 rings (SSSR count). The fourth-order valence-corrected chi connectivity index (χ4v) is 0. The van der Waals surface area contributed by atoms with Crippen molar-refractivity contribution in [2.45, 2.75) is 13.1 Å². The first-order chi connectivity index (χ1) is 2.27. The van der Waals surface area contributed by atoms with Crippen LogP contribution in [0.25, 0.3) is 0 Å². The summed E-state index contributed by atoms with van der Waals surface area (Å²) in [7, 11) is 0.347. The molecule has 0 bridgehead atoms. The predicted octanol–water partition coefficient (Wildman–Crippen LogP) is -0.241. The van der Waals surface area contributed by atoms with Crippen LogP contribution in [0.4, 0.5) is 0 Å². The standard InChI is InChI=1S/C2H10OSi2.2H2/c1-5(2)3-4;;/h5H,1-2,4H3;2*1H. The highest BCUT2D eigenvalue weighted by molar-refractivity contribution is 6.52. The molecule has 0 aliphatic heterocycles. The van der Waals surface area contributed by atoms with E-state index in [1.165, 1.54) is 0 Å². The summed E-state index contributed by atoms with van der Waals surface area (Å²) in [5.41, 5.74) is 0. The van der Waals surface area contributed by atoms with Crippen molar-refractivity contribution < 1.29 is 6.97 Å². The fraction of sp³-hybridized carbons (Fsp3) is 1.00. The monoisotopic (exact) mass is 110 g/mol. The number of hydrogen-bond donors (Lipinski definition) is 0. The van der Waals surface area contributed by atoms with Gasteiger partial charge in [-0.05, 0) is 13.1 Å². The van der Waals surface area contributed by atoms with E-state index < -0.39 is 9.04 Å². The molecule has 0 aliphatic carbocycles. The number of hydrogen-bond acceptors (Lipinski definition) is 1. The van der Waals surface area contributed by atoms with Crippen LogP contribution in [-0.4, -0.2) is 19.5 Å². The highest BCUT2D eigenvalue weighted by Gasteiger charge is 1.82. The van der Waals surface area contributed by atoms with E-state index >= 15 is 0 Å². The molecular weight excluding hydrogens is 96.2 g/mol. The Bertz CT molecular complexity index is 27.7. The Morgan fingerprint density at radius 3 is 2.00 bits per heavy atom. The average Bonchev–Trinajstić information content (AvgIpc) is 1.38. The minimum absolute atomic E-state index is 0. The summed E-state index contributed by atoms with van der Waals surface area (Å²) >= 11 is 0. The molecule has 0 saturated heterocycles. The van der Waals surface area contributed by atoms with Gasteiger partial charge in [0.15, 0.2) is 9.04 Å². The first-order valence-corrected chi connectivity index (χ1v) is 5.40. The first kappa shape index (κ1) is 5.39. The SMILES string of the molecule is C[SiH](C)O[SiH3].[HH].[HH]. The lowest BCUT2D eigenvalue weighted by molar-refractivity contribution is 0.647. The van der Waals surface area contributed by atoms with Gasteiger partial charge in [-0.1, -0.05) is 0 Å². The second-order valence-electron chi connectivity index (χ2n) is 1.28. The van der Waals surface area contributed by atoms with E-state index in [4.69, 9.17) is 4.12 Å². The zero-order chi connectivity index (χ0) is 4.28. The molecule has 1 nitrogen and oxygen atoms in total. The number of rotatable bonds is 1. The largest absolute Gasteiger partial charge is 0.466 e. The van der Waals surface area contributed by atoms with E-state index in [0.717, 1.165) is 10.5 Å². The maximum Gasteiger partial charge on any atom is 0.156 e. The minimum atomic E-state index is -0.588. The lowest BCUT2D eigenvalue weighted by Crippen LogP contribution is -2.02. The van der Waals surface area contributed by atoms with Crippen molar-refractivity contribution in [1.82, 2.24) is 0 Å². The molecule has 3 heteroatoms. The maximum atomic E-state index is 5.03. The van der Waals surface area contributed by atoms with Crippen molar-refractivity contribution in [3.8, 4) is 0 Å². The quantitative estimate of drug-likeness (QED) is 0.423. The van der Waals surface area contributed by atoms with E-state index in [1.54, 1.807) is 0 Å². The van der Waals surface area contributed by atoms with Crippen LogP contribution in [0.15, 0.2) is 0 Å². The maximum absolute atomic E-state index is 5.03. The van der Waals surface area contributed by atoms with Crippen LogP contribution in [-0.2, 0) is 4.12 Å². The molecule has 0 radical (unpaired) electrons. The molecule has 0 spiro atoms. The summed E-state index contributed by atoms with van der Waals surface area (Å²) in [6.07, 6.45) is 0. The van der Waals surface area contributed by atoms with Crippen LogP contribution >= 0.6 is 0 Å². The Balaban J connectivity index is -0.0000000800. The normalized spacial score (nSPS) is 10.2.